The average Bonchev–Trinajstić information content (AvgIpc) is 3.55. The fourth-order valence-electron chi connectivity index (χ4n) is 4.91. The Morgan fingerprint density at radius 3 is 2.27 bits per heavy atom. The van der Waals surface area contributed by atoms with Crippen molar-refractivity contribution in [3.8, 4) is 27.6 Å². The fourth-order valence-corrected chi connectivity index (χ4v) is 5.99. The van der Waals surface area contributed by atoms with Crippen molar-refractivity contribution in [3.05, 3.63) is 102 Å². The van der Waals surface area contributed by atoms with Crippen LogP contribution in [0, 0.1) is 0 Å². The zero-order chi connectivity index (χ0) is 28.9. The first-order valence-corrected chi connectivity index (χ1v) is 14.7. The zero-order valence-corrected chi connectivity index (χ0v) is 25.1. The van der Waals surface area contributed by atoms with Crippen LogP contribution < -0.4 is 0 Å². The SMILES string of the molecule is CC(C)(C)c1ccc(O)c(C=Nc2ccccc2-c2nc3c(-c4cc5ccccc5s4)cc(C(C)(C)C)cc3o2)c1. The highest BCUT2D eigenvalue weighted by Crippen LogP contribution is 2.42. The molecule has 206 valence electrons. The Morgan fingerprint density at radius 2 is 1.51 bits per heavy atom. The van der Waals surface area contributed by atoms with Crippen molar-refractivity contribution in [2.24, 2.45) is 4.99 Å². The largest absolute Gasteiger partial charge is 0.507 e. The maximum Gasteiger partial charge on any atom is 0.229 e. The molecule has 5 heteroatoms. The number of fused-ring (bicyclic) bond motifs is 2. The van der Waals surface area contributed by atoms with Crippen molar-refractivity contribution in [2.45, 2.75) is 52.4 Å². The highest BCUT2D eigenvalue weighted by molar-refractivity contribution is 7.22. The normalized spacial score (nSPS) is 12.6. The number of aromatic nitrogens is 1. The van der Waals surface area contributed by atoms with Crippen LogP contribution in [-0.4, -0.2) is 16.3 Å². The number of nitrogens with zero attached hydrogens (tertiary/aromatic N) is 2. The molecule has 1 N–H and O–H groups in total. The molecule has 0 bridgehead atoms. The molecule has 0 spiro atoms. The molecule has 4 aromatic carbocycles. The van der Waals surface area contributed by atoms with Crippen LogP contribution in [0.5, 0.6) is 5.75 Å². The second kappa shape index (κ2) is 10.0. The summed E-state index contributed by atoms with van der Waals surface area (Å²) in [5.74, 6) is 0.720. The van der Waals surface area contributed by atoms with Gasteiger partial charge in [-0.1, -0.05) is 77.9 Å². The predicted molar refractivity (Wildman–Crippen MR) is 173 cm³/mol. The van der Waals surface area contributed by atoms with Gasteiger partial charge in [-0.2, -0.15) is 0 Å². The van der Waals surface area contributed by atoms with E-state index in [4.69, 9.17) is 14.4 Å². The van der Waals surface area contributed by atoms with Gasteiger partial charge in [-0.15, -0.1) is 11.3 Å². The van der Waals surface area contributed by atoms with E-state index >= 15 is 0 Å². The molecule has 6 rings (SSSR count). The van der Waals surface area contributed by atoms with Crippen LogP contribution in [0.1, 0.15) is 58.2 Å². The van der Waals surface area contributed by atoms with Crippen LogP contribution in [0.2, 0.25) is 0 Å². The summed E-state index contributed by atoms with van der Waals surface area (Å²) in [4.78, 5) is 11.0. The summed E-state index contributed by atoms with van der Waals surface area (Å²) in [5.41, 5.74) is 7.10. The predicted octanol–water partition coefficient (Wildman–Crippen LogP) is 10.4. The number of benzene rings is 4. The van der Waals surface area contributed by atoms with Crippen molar-refractivity contribution < 1.29 is 9.52 Å². The van der Waals surface area contributed by atoms with Crippen LogP contribution in [0.3, 0.4) is 0 Å². The van der Waals surface area contributed by atoms with Gasteiger partial charge in [0.1, 0.15) is 11.3 Å². The highest BCUT2D eigenvalue weighted by atomic mass is 32.1. The van der Waals surface area contributed by atoms with Crippen molar-refractivity contribution in [2.75, 3.05) is 0 Å². The molecule has 0 aliphatic rings. The second-order valence-electron chi connectivity index (χ2n) is 12.6. The van der Waals surface area contributed by atoms with E-state index in [0.29, 0.717) is 11.5 Å². The van der Waals surface area contributed by atoms with Crippen LogP contribution in [0.15, 0.2) is 94.3 Å². The molecule has 0 saturated heterocycles. The van der Waals surface area contributed by atoms with Crippen molar-refractivity contribution in [1.29, 1.82) is 0 Å². The summed E-state index contributed by atoms with van der Waals surface area (Å²) in [6.07, 6.45) is 1.71. The minimum atomic E-state index is -0.0572. The summed E-state index contributed by atoms with van der Waals surface area (Å²) < 4.78 is 7.73. The number of phenolic OH excluding ortho intramolecular Hbond substituents is 1. The van der Waals surface area contributed by atoms with E-state index < -0.39 is 0 Å². The molecule has 0 atom stereocenters. The Labute approximate surface area is 245 Å². The van der Waals surface area contributed by atoms with Gasteiger partial charge in [-0.05, 0) is 75.9 Å². The number of thiophene rings is 1. The third-order valence-corrected chi connectivity index (χ3v) is 8.57. The number of oxazole rings is 1. The molecule has 0 aliphatic heterocycles. The minimum absolute atomic E-state index is 0.0373. The van der Waals surface area contributed by atoms with Gasteiger partial charge >= 0.3 is 0 Å². The van der Waals surface area contributed by atoms with Gasteiger partial charge < -0.3 is 9.52 Å². The second-order valence-corrected chi connectivity index (χ2v) is 13.7. The van der Waals surface area contributed by atoms with E-state index in [1.54, 1.807) is 23.6 Å². The first-order valence-electron chi connectivity index (χ1n) is 13.9. The molecule has 0 amide bonds. The molecular formula is C36H34N2O2S. The third-order valence-electron chi connectivity index (χ3n) is 7.42. The zero-order valence-electron chi connectivity index (χ0n) is 24.3. The maximum atomic E-state index is 10.5. The molecule has 0 unspecified atom stereocenters. The topological polar surface area (TPSA) is 58.6 Å². The van der Waals surface area contributed by atoms with Gasteiger partial charge in [-0.3, -0.25) is 4.99 Å². The number of aromatic hydroxyl groups is 1. The van der Waals surface area contributed by atoms with Crippen molar-refractivity contribution >= 4 is 44.4 Å². The van der Waals surface area contributed by atoms with Crippen molar-refractivity contribution in [3.63, 3.8) is 0 Å². The quantitative estimate of drug-likeness (QED) is 0.219. The number of phenols is 1. The standard InChI is InChI=1S/C36H34N2O2S/c1-35(2,3)24-15-16-29(39)23(17-24)21-37-28-13-9-8-12-26(28)34-38-33-27(19-25(36(4,5)6)20-30(33)40-34)32-18-22-11-7-10-14-31(22)41-32/h7-21,39H,1-6H3. The Bertz CT molecular complexity index is 1900. The van der Waals surface area contributed by atoms with E-state index in [9.17, 15) is 5.11 Å². The lowest BCUT2D eigenvalue weighted by Crippen LogP contribution is -2.11. The van der Waals surface area contributed by atoms with Crippen molar-refractivity contribution in [1.82, 2.24) is 4.98 Å². The molecule has 2 aromatic heterocycles. The molecule has 0 fully saturated rings. The number of rotatable bonds is 4. The van der Waals surface area contributed by atoms with Gasteiger partial charge in [0, 0.05) is 26.9 Å². The van der Waals surface area contributed by atoms with Gasteiger partial charge in [0.25, 0.3) is 0 Å². The van der Waals surface area contributed by atoms with Gasteiger partial charge in [0.2, 0.25) is 5.89 Å². The van der Waals surface area contributed by atoms with Crippen LogP contribution in [0.25, 0.3) is 43.1 Å². The summed E-state index contributed by atoms with van der Waals surface area (Å²) in [7, 11) is 0. The number of hydrogen-bond donors (Lipinski definition) is 1. The lowest BCUT2D eigenvalue weighted by atomic mass is 9.85. The summed E-state index contributed by atoms with van der Waals surface area (Å²) in [6.45, 7) is 13.1. The highest BCUT2D eigenvalue weighted by Gasteiger charge is 2.22. The lowest BCUT2D eigenvalue weighted by Gasteiger charge is -2.19. The monoisotopic (exact) mass is 558 g/mol. The van der Waals surface area contributed by atoms with Gasteiger partial charge in [0.15, 0.2) is 5.58 Å². The third kappa shape index (κ3) is 5.30. The smallest absolute Gasteiger partial charge is 0.229 e. The first-order chi connectivity index (χ1) is 19.5. The maximum absolute atomic E-state index is 10.5. The van der Waals surface area contributed by atoms with E-state index in [2.05, 4.69) is 84.0 Å². The molecule has 0 radical (unpaired) electrons. The molecule has 6 aromatic rings. The van der Waals surface area contributed by atoms with E-state index in [1.165, 1.54) is 20.5 Å². The van der Waals surface area contributed by atoms with E-state index in [0.717, 1.165) is 33.5 Å². The summed E-state index contributed by atoms with van der Waals surface area (Å²) in [6, 6.07) is 28.6. The number of para-hydroxylation sites is 1. The average molecular weight is 559 g/mol. The Morgan fingerprint density at radius 1 is 0.780 bits per heavy atom. The van der Waals surface area contributed by atoms with Crippen LogP contribution >= 0.6 is 11.3 Å². The first kappa shape index (κ1) is 27.0. The van der Waals surface area contributed by atoms with E-state index in [1.807, 2.05) is 36.4 Å². The fraction of sp³-hybridized carbons (Fsp3) is 0.222. The molecule has 2 heterocycles. The molecule has 4 nitrogen and oxygen atoms in total. The Balaban J connectivity index is 1.48. The van der Waals surface area contributed by atoms with Gasteiger partial charge in [-0.25, -0.2) is 4.98 Å². The summed E-state index contributed by atoms with van der Waals surface area (Å²) in [5, 5.41) is 11.7. The number of aliphatic imine (C=N–C) groups is 1. The minimum Gasteiger partial charge on any atom is -0.507 e. The lowest BCUT2D eigenvalue weighted by molar-refractivity contribution is 0.473. The molecule has 0 aliphatic carbocycles. The Hall–Kier alpha value is -4.22. The molecular weight excluding hydrogens is 524 g/mol. The summed E-state index contributed by atoms with van der Waals surface area (Å²) >= 11 is 1.77. The Kier molecular flexibility index (Phi) is 6.58. The van der Waals surface area contributed by atoms with Crippen LogP contribution in [0.4, 0.5) is 5.69 Å². The van der Waals surface area contributed by atoms with E-state index in [-0.39, 0.29) is 16.6 Å². The van der Waals surface area contributed by atoms with Gasteiger partial charge in [0.05, 0.1) is 11.3 Å². The molecule has 41 heavy (non-hydrogen) atoms. The van der Waals surface area contributed by atoms with Crippen LogP contribution in [-0.2, 0) is 10.8 Å². The molecule has 0 saturated carbocycles. The number of hydrogen-bond acceptors (Lipinski definition) is 5.